The van der Waals surface area contributed by atoms with E-state index < -0.39 is 21.8 Å². The summed E-state index contributed by atoms with van der Waals surface area (Å²) in [5, 5.41) is 0. The molecule has 0 bridgehead atoms. The van der Waals surface area contributed by atoms with Gasteiger partial charge in [0.2, 0.25) is 0 Å². The highest BCUT2D eigenvalue weighted by atomic mass is 79.9. The first kappa shape index (κ1) is 14.1. The Balaban J connectivity index is 5.30. The third-order valence-corrected chi connectivity index (χ3v) is 2.74. The highest BCUT2D eigenvalue weighted by Crippen LogP contribution is 2.55. The number of rotatable bonds is 2. The summed E-state index contributed by atoms with van der Waals surface area (Å²) in [6, 6.07) is 0. The van der Waals surface area contributed by atoms with Crippen LogP contribution >= 0.6 is 15.9 Å². The van der Waals surface area contributed by atoms with Crippen LogP contribution in [0, 0.1) is 5.41 Å². The van der Waals surface area contributed by atoms with Gasteiger partial charge in [-0.1, -0.05) is 15.9 Å². The van der Waals surface area contributed by atoms with Gasteiger partial charge in [-0.05, 0) is 27.7 Å². The van der Waals surface area contributed by atoms with Gasteiger partial charge in [0.25, 0.3) is 5.92 Å². The summed E-state index contributed by atoms with van der Waals surface area (Å²) in [7, 11) is 0. The first-order valence-electron chi connectivity index (χ1n) is 3.88. The van der Waals surface area contributed by atoms with Crippen LogP contribution in [0.3, 0.4) is 0 Å². The van der Waals surface area contributed by atoms with E-state index in [2.05, 4.69) is 15.9 Å². The molecule has 0 rings (SSSR count). The predicted molar refractivity (Wildman–Crippen MR) is 47.8 cm³/mol. The molecule has 0 amide bonds. The molecule has 0 aromatic heterocycles. The minimum Gasteiger partial charge on any atom is -0.204 e. The lowest BCUT2D eigenvalue weighted by Crippen LogP contribution is -2.56. The highest BCUT2D eigenvalue weighted by molar-refractivity contribution is 9.10. The van der Waals surface area contributed by atoms with Crippen molar-refractivity contribution in [3.8, 4) is 0 Å². The lowest BCUT2D eigenvalue weighted by molar-refractivity contribution is -0.291. The van der Waals surface area contributed by atoms with Crippen LogP contribution in [0.1, 0.15) is 27.7 Å². The zero-order chi connectivity index (χ0) is 12.0. The molecule has 0 aliphatic heterocycles. The average Bonchev–Trinajstić information content (AvgIpc) is 1.81. The van der Waals surface area contributed by atoms with Crippen molar-refractivity contribution in [3.05, 3.63) is 0 Å². The van der Waals surface area contributed by atoms with Crippen LogP contribution in [-0.4, -0.2) is 16.4 Å². The topological polar surface area (TPSA) is 0 Å². The molecule has 0 N–H and O–H groups in total. The maximum atomic E-state index is 13.4. The normalized spacial score (nSPS) is 15.9. The van der Waals surface area contributed by atoms with Crippen molar-refractivity contribution in [2.24, 2.45) is 5.41 Å². The summed E-state index contributed by atoms with van der Waals surface area (Å²) < 4.78 is 62.0. The van der Waals surface area contributed by atoms with Crippen LogP contribution in [0.25, 0.3) is 0 Å². The maximum absolute atomic E-state index is 13.4. The smallest absolute Gasteiger partial charge is 0.204 e. The van der Waals surface area contributed by atoms with Gasteiger partial charge >= 0.3 is 6.18 Å². The van der Waals surface area contributed by atoms with E-state index in [-0.39, 0.29) is 0 Å². The van der Waals surface area contributed by atoms with Crippen LogP contribution in [0.4, 0.5) is 22.0 Å². The standard InChI is InChI=1S/C8H12BrF5/c1-5(2,8(12,13)14)7(10,11)6(3,4)9/h1-4H3. The Morgan fingerprint density at radius 2 is 1.07 bits per heavy atom. The lowest BCUT2D eigenvalue weighted by Gasteiger charge is -2.42. The van der Waals surface area contributed by atoms with Gasteiger partial charge in [-0.3, -0.25) is 0 Å². The van der Waals surface area contributed by atoms with Gasteiger partial charge in [0, 0.05) is 0 Å². The molecule has 0 spiro atoms. The molecule has 0 saturated carbocycles. The van der Waals surface area contributed by atoms with Crippen LogP contribution in [-0.2, 0) is 0 Å². The molecule has 0 saturated heterocycles. The van der Waals surface area contributed by atoms with Crippen LogP contribution in [0.15, 0.2) is 0 Å². The number of halogens is 6. The summed E-state index contributed by atoms with van der Waals surface area (Å²) in [6.07, 6.45) is -4.94. The quantitative estimate of drug-likeness (QED) is 0.521. The molecule has 0 fully saturated rings. The second-order valence-corrected chi connectivity index (χ2v) is 6.15. The molecule has 0 aromatic carbocycles. The minimum absolute atomic E-state index is 0.496. The summed E-state index contributed by atoms with van der Waals surface area (Å²) in [5.41, 5.74) is -3.06. The van der Waals surface area contributed by atoms with Crippen molar-refractivity contribution in [1.82, 2.24) is 0 Å². The minimum atomic E-state index is -4.94. The van der Waals surface area contributed by atoms with Gasteiger partial charge in [0.15, 0.2) is 0 Å². The van der Waals surface area contributed by atoms with E-state index in [4.69, 9.17) is 0 Å². The number of alkyl halides is 6. The predicted octanol–water partition coefficient (Wildman–Crippen LogP) is 4.38. The molecule has 0 nitrogen and oxygen atoms in total. The summed E-state index contributed by atoms with van der Waals surface area (Å²) in [4.78, 5) is 0. The maximum Gasteiger partial charge on any atom is 0.399 e. The molecular weight excluding hydrogens is 271 g/mol. The Morgan fingerprint density at radius 1 is 0.786 bits per heavy atom. The zero-order valence-corrected chi connectivity index (χ0v) is 9.85. The summed E-state index contributed by atoms with van der Waals surface area (Å²) in [6.45, 7) is 3.02. The van der Waals surface area contributed by atoms with Crippen molar-refractivity contribution in [2.75, 3.05) is 0 Å². The molecular formula is C8H12BrF5. The van der Waals surface area contributed by atoms with E-state index in [0.717, 1.165) is 13.8 Å². The largest absolute Gasteiger partial charge is 0.399 e. The van der Waals surface area contributed by atoms with Crippen molar-refractivity contribution in [3.63, 3.8) is 0 Å². The van der Waals surface area contributed by atoms with Crippen LogP contribution in [0.5, 0.6) is 0 Å². The second kappa shape index (κ2) is 3.32. The van der Waals surface area contributed by atoms with Crippen LogP contribution in [0.2, 0.25) is 0 Å². The van der Waals surface area contributed by atoms with E-state index >= 15 is 0 Å². The highest BCUT2D eigenvalue weighted by Gasteiger charge is 2.67. The van der Waals surface area contributed by atoms with E-state index in [0.29, 0.717) is 13.8 Å². The van der Waals surface area contributed by atoms with E-state index in [9.17, 15) is 22.0 Å². The van der Waals surface area contributed by atoms with E-state index in [1.165, 1.54) is 0 Å². The van der Waals surface area contributed by atoms with Crippen molar-refractivity contribution in [2.45, 2.75) is 44.1 Å². The molecule has 0 heterocycles. The van der Waals surface area contributed by atoms with Gasteiger partial charge < -0.3 is 0 Å². The second-order valence-electron chi connectivity index (χ2n) is 4.17. The zero-order valence-electron chi connectivity index (χ0n) is 8.27. The van der Waals surface area contributed by atoms with Crippen molar-refractivity contribution < 1.29 is 22.0 Å². The third-order valence-electron chi connectivity index (χ3n) is 2.24. The Labute approximate surface area is 88.0 Å². The fourth-order valence-corrected chi connectivity index (χ4v) is 1.42. The molecule has 0 radical (unpaired) electrons. The molecule has 0 aliphatic rings. The Bertz CT molecular complexity index is 187. The molecule has 0 aliphatic carbocycles. The van der Waals surface area contributed by atoms with Gasteiger partial charge in [0.1, 0.15) is 5.41 Å². The molecule has 0 aromatic rings. The van der Waals surface area contributed by atoms with Crippen LogP contribution < -0.4 is 0 Å². The van der Waals surface area contributed by atoms with Gasteiger partial charge in [-0.25, -0.2) is 8.78 Å². The van der Waals surface area contributed by atoms with E-state index in [1.54, 1.807) is 0 Å². The first-order valence-corrected chi connectivity index (χ1v) is 4.68. The Kier molecular flexibility index (Phi) is 3.35. The SMILES string of the molecule is CC(C)(Br)C(F)(F)C(C)(C)C(F)(F)F. The molecule has 0 unspecified atom stereocenters. The molecule has 6 heteroatoms. The van der Waals surface area contributed by atoms with Crippen molar-refractivity contribution in [1.29, 1.82) is 0 Å². The molecule has 86 valence electrons. The van der Waals surface area contributed by atoms with Gasteiger partial charge in [-0.15, -0.1) is 0 Å². The van der Waals surface area contributed by atoms with Gasteiger partial charge in [-0.2, -0.15) is 13.2 Å². The number of hydrogen-bond donors (Lipinski definition) is 0. The average molecular weight is 283 g/mol. The summed E-state index contributed by atoms with van der Waals surface area (Å²) >= 11 is 2.58. The Hall–Kier alpha value is 0.130. The van der Waals surface area contributed by atoms with Crippen molar-refractivity contribution >= 4 is 15.9 Å². The lowest BCUT2D eigenvalue weighted by atomic mass is 9.79. The monoisotopic (exact) mass is 282 g/mol. The fraction of sp³-hybridized carbons (Fsp3) is 1.00. The third kappa shape index (κ3) is 2.04. The first-order chi connectivity index (χ1) is 5.75. The Morgan fingerprint density at radius 3 is 1.14 bits per heavy atom. The fourth-order valence-electron chi connectivity index (χ4n) is 0.921. The number of hydrogen-bond acceptors (Lipinski definition) is 0. The molecule has 14 heavy (non-hydrogen) atoms. The van der Waals surface area contributed by atoms with E-state index in [1.807, 2.05) is 0 Å². The summed E-state index contributed by atoms with van der Waals surface area (Å²) in [5.74, 6) is -3.89. The van der Waals surface area contributed by atoms with Gasteiger partial charge in [0.05, 0.1) is 4.32 Å². The molecule has 0 atom stereocenters.